The topological polar surface area (TPSA) is 34.1 Å². The first-order chi connectivity index (χ1) is 9.44. The van der Waals surface area contributed by atoms with Crippen molar-refractivity contribution >= 4 is 11.3 Å². The molecule has 7 heteroatoms. The molecule has 0 aliphatic heterocycles. The first-order valence-corrected chi connectivity index (χ1v) is 7.66. The first-order valence-electron chi connectivity index (χ1n) is 6.78. The minimum atomic E-state index is -4.24. The number of nitrogens with one attached hydrogen (secondary N) is 1. The third-order valence-electron chi connectivity index (χ3n) is 3.42. The minimum Gasteiger partial charge on any atom is -0.369 e. The van der Waals surface area contributed by atoms with Crippen LogP contribution in [0.4, 0.5) is 13.2 Å². The number of hydrogen-bond acceptors (Lipinski definition) is 4. The van der Waals surface area contributed by atoms with Crippen LogP contribution in [0.1, 0.15) is 43.7 Å². The van der Waals surface area contributed by atoms with Crippen LogP contribution in [0.25, 0.3) is 0 Å². The van der Waals surface area contributed by atoms with Crippen molar-refractivity contribution in [2.45, 2.75) is 57.0 Å². The maximum Gasteiger partial charge on any atom is 0.411 e. The molecule has 1 heterocycles. The zero-order valence-electron chi connectivity index (χ0n) is 11.3. The van der Waals surface area contributed by atoms with Gasteiger partial charge in [-0.1, -0.05) is 0 Å². The number of thiazole rings is 1. The fourth-order valence-corrected chi connectivity index (χ4v) is 3.19. The van der Waals surface area contributed by atoms with Crippen molar-refractivity contribution in [3.63, 3.8) is 0 Å². The first kappa shape index (κ1) is 15.7. The molecular weight excluding hydrogens is 289 g/mol. The minimum absolute atomic E-state index is 0.126. The molecule has 1 aliphatic carbocycles. The second-order valence-electron chi connectivity index (χ2n) is 5.17. The van der Waals surface area contributed by atoms with Gasteiger partial charge < -0.3 is 10.1 Å². The Labute approximate surface area is 120 Å². The maximum absolute atomic E-state index is 12.2. The monoisotopic (exact) mass is 308 g/mol. The molecule has 3 atom stereocenters. The fraction of sp³-hybridized carbons (Fsp3) is 0.769. The van der Waals surface area contributed by atoms with E-state index in [-0.39, 0.29) is 18.2 Å². The summed E-state index contributed by atoms with van der Waals surface area (Å²) in [6, 6.07) is 0.322. The van der Waals surface area contributed by atoms with E-state index in [4.69, 9.17) is 4.74 Å². The lowest BCUT2D eigenvalue weighted by Gasteiger charge is -2.31. The molecule has 0 spiro atoms. The predicted molar refractivity (Wildman–Crippen MR) is 71.7 cm³/mol. The number of hydrogen-bond donors (Lipinski definition) is 1. The summed E-state index contributed by atoms with van der Waals surface area (Å²) in [5.41, 5.74) is 0. The number of alkyl halides is 3. The van der Waals surface area contributed by atoms with Crippen molar-refractivity contribution in [3.05, 3.63) is 16.6 Å². The standard InChI is InChI=1S/C13H19F3N2OS/c1-9(12-17-5-6-20-12)18-10-3-2-4-11(7-10)19-8-13(14,15)16/h5-6,9-11,18H,2-4,7-8H2,1H3. The molecule has 1 saturated carbocycles. The fourth-order valence-electron chi connectivity index (χ4n) is 2.53. The highest BCUT2D eigenvalue weighted by molar-refractivity contribution is 7.09. The molecule has 1 N–H and O–H groups in total. The summed E-state index contributed by atoms with van der Waals surface area (Å²) < 4.78 is 41.4. The summed E-state index contributed by atoms with van der Waals surface area (Å²) in [5.74, 6) is 0. The Kier molecular flexibility index (Phi) is 5.40. The highest BCUT2D eigenvalue weighted by Gasteiger charge is 2.31. The number of nitrogens with zero attached hydrogens (tertiary/aromatic N) is 1. The second kappa shape index (κ2) is 6.87. The van der Waals surface area contributed by atoms with Gasteiger partial charge in [0.1, 0.15) is 11.6 Å². The van der Waals surface area contributed by atoms with Crippen LogP contribution >= 0.6 is 11.3 Å². The Hall–Kier alpha value is -0.660. The molecule has 0 amide bonds. The number of aromatic nitrogens is 1. The highest BCUT2D eigenvalue weighted by Crippen LogP contribution is 2.26. The van der Waals surface area contributed by atoms with E-state index in [1.54, 1.807) is 17.5 Å². The number of halogens is 3. The molecule has 114 valence electrons. The van der Waals surface area contributed by atoms with Crippen molar-refractivity contribution in [1.29, 1.82) is 0 Å². The molecule has 0 saturated heterocycles. The van der Waals surface area contributed by atoms with Crippen LogP contribution < -0.4 is 5.32 Å². The zero-order valence-corrected chi connectivity index (χ0v) is 12.1. The Balaban J connectivity index is 1.78. The van der Waals surface area contributed by atoms with E-state index in [1.165, 1.54) is 0 Å². The predicted octanol–water partition coefficient (Wildman–Crippen LogP) is 3.68. The van der Waals surface area contributed by atoms with Crippen LogP contribution in [0.15, 0.2) is 11.6 Å². The van der Waals surface area contributed by atoms with Gasteiger partial charge in [0.15, 0.2) is 0 Å². The van der Waals surface area contributed by atoms with Gasteiger partial charge in [-0.15, -0.1) is 11.3 Å². The molecule has 0 radical (unpaired) electrons. The molecular formula is C13H19F3N2OS. The van der Waals surface area contributed by atoms with Crippen molar-refractivity contribution in [3.8, 4) is 0 Å². The average Bonchev–Trinajstić information content (AvgIpc) is 2.90. The van der Waals surface area contributed by atoms with Crippen LogP contribution in [0.3, 0.4) is 0 Å². The van der Waals surface area contributed by atoms with E-state index in [0.29, 0.717) is 12.8 Å². The lowest BCUT2D eigenvalue weighted by atomic mass is 9.92. The van der Waals surface area contributed by atoms with Crippen molar-refractivity contribution in [1.82, 2.24) is 10.3 Å². The van der Waals surface area contributed by atoms with Gasteiger partial charge in [-0.2, -0.15) is 13.2 Å². The third-order valence-corrected chi connectivity index (χ3v) is 4.37. The Morgan fingerprint density at radius 2 is 2.30 bits per heavy atom. The van der Waals surface area contributed by atoms with Crippen LogP contribution in [0.5, 0.6) is 0 Å². The molecule has 1 fully saturated rings. The Morgan fingerprint density at radius 1 is 1.50 bits per heavy atom. The van der Waals surface area contributed by atoms with Crippen molar-refractivity contribution in [2.75, 3.05) is 6.61 Å². The van der Waals surface area contributed by atoms with E-state index >= 15 is 0 Å². The lowest BCUT2D eigenvalue weighted by molar-refractivity contribution is -0.188. The van der Waals surface area contributed by atoms with Crippen molar-refractivity contribution < 1.29 is 17.9 Å². The summed E-state index contributed by atoms with van der Waals surface area (Å²) in [6.45, 7) is 0.880. The van der Waals surface area contributed by atoms with Gasteiger partial charge in [-0.3, -0.25) is 0 Å². The van der Waals surface area contributed by atoms with Gasteiger partial charge in [0, 0.05) is 17.6 Å². The van der Waals surface area contributed by atoms with Gasteiger partial charge in [-0.05, 0) is 32.6 Å². The largest absolute Gasteiger partial charge is 0.411 e. The maximum atomic E-state index is 12.2. The van der Waals surface area contributed by atoms with Gasteiger partial charge in [-0.25, -0.2) is 4.98 Å². The molecule has 1 aromatic rings. The van der Waals surface area contributed by atoms with Gasteiger partial charge in [0.2, 0.25) is 0 Å². The van der Waals surface area contributed by atoms with Crippen LogP contribution in [0, 0.1) is 0 Å². The summed E-state index contributed by atoms with van der Waals surface area (Å²) in [5, 5.41) is 6.36. The molecule has 2 rings (SSSR count). The summed E-state index contributed by atoms with van der Waals surface area (Å²) in [4.78, 5) is 4.25. The molecule has 0 bridgehead atoms. The van der Waals surface area contributed by atoms with Crippen LogP contribution in [0.2, 0.25) is 0 Å². The summed E-state index contributed by atoms with van der Waals surface area (Å²) >= 11 is 1.58. The second-order valence-corrected chi connectivity index (χ2v) is 6.10. The molecule has 0 aromatic carbocycles. The molecule has 3 nitrogen and oxygen atoms in total. The van der Waals surface area contributed by atoms with Crippen LogP contribution in [-0.2, 0) is 4.74 Å². The van der Waals surface area contributed by atoms with Gasteiger partial charge >= 0.3 is 6.18 Å². The van der Waals surface area contributed by atoms with E-state index < -0.39 is 12.8 Å². The summed E-state index contributed by atoms with van der Waals surface area (Å²) in [7, 11) is 0. The van der Waals surface area contributed by atoms with E-state index in [9.17, 15) is 13.2 Å². The quantitative estimate of drug-likeness (QED) is 0.901. The van der Waals surface area contributed by atoms with Crippen molar-refractivity contribution in [2.24, 2.45) is 0 Å². The molecule has 1 aromatic heterocycles. The number of ether oxygens (including phenoxy) is 1. The highest BCUT2D eigenvalue weighted by atomic mass is 32.1. The van der Waals surface area contributed by atoms with Crippen LogP contribution in [-0.4, -0.2) is 29.9 Å². The normalized spacial score (nSPS) is 25.6. The SMILES string of the molecule is CC(NC1CCCC(OCC(F)(F)F)C1)c1nccs1. The van der Waals surface area contributed by atoms with Gasteiger partial charge in [0.25, 0.3) is 0 Å². The Morgan fingerprint density at radius 3 is 2.95 bits per heavy atom. The van der Waals surface area contributed by atoms with Gasteiger partial charge in [0.05, 0.1) is 12.1 Å². The molecule has 20 heavy (non-hydrogen) atoms. The summed E-state index contributed by atoms with van der Waals surface area (Å²) in [6.07, 6.45) is 0.423. The van der Waals surface area contributed by atoms with E-state index in [2.05, 4.69) is 10.3 Å². The zero-order chi connectivity index (χ0) is 14.6. The molecule has 1 aliphatic rings. The number of rotatable bonds is 5. The Bertz CT molecular complexity index is 397. The van der Waals surface area contributed by atoms with E-state index in [1.807, 2.05) is 12.3 Å². The lowest BCUT2D eigenvalue weighted by Crippen LogP contribution is -2.39. The van der Waals surface area contributed by atoms with E-state index in [0.717, 1.165) is 17.8 Å². The average molecular weight is 308 g/mol. The smallest absolute Gasteiger partial charge is 0.369 e. The molecule has 3 unspecified atom stereocenters. The third kappa shape index (κ3) is 5.03.